The molecule has 0 spiro atoms. The van der Waals surface area contributed by atoms with Gasteiger partial charge in [0.2, 0.25) is 5.91 Å². The lowest BCUT2D eigenvalue weighted by atomic mass is 9.65. The molecule has 2 fully saturated rings. The predicted octanol–water partition coefficient (Wildman–Crippen LogP) is 0.816. The summed E-state index contributed by atoms with van der Waals surface area (Å²) in [5.74, 6) is 0.305. The summed E-state index contributed by atoms with van der Waals surface area (Å²) in [4.78, 5) is 11.4. The lowest BCUT2D eigenvalue weighted by Crippen LogP contribution is -2.40. The van der Waals surface area contributed by atoms with Crippen LogP contribution in [0.15, 0.2) is 0 Å². The molecule has 0 aromatic carbocycles. The van der Waals surface area contributed by atoms with Gasteiger partial charge >= 0.3 is 0 Å². The van der Waals surface area contributed by atoms with Crippen LogP contribution >= 0.6 is 0 Å². The van der Waals surface area contributed by atoms with Crippen LogP contribution < -0.4 is 5.32 Å². The van der Waals surface area contributed by atoms with Crippen molar-refractivity contribution in [2.45, 2.75) is 25.7 Å². The monoisotopic (exact) mass is 164 g/mol. The van der Waals surface area contributed by atoms with Crippen LogP contribution in [0.5, 0.6) is 0 Å². The second-order valence-corrected chi connectivity index (χ2v) is 3.72. The fraction of sp³-hybridized carbons (Fsp3) is 0.778. The van der Waals surface area contributed by atoms with Crippen LogP contribution in [0.1, 0.15) is 25.7 Å². The number of rotatable bonds is 1. The minimum absolute atomic E-state index is 0.0327. The predicted molar refractivity (Wildman–Crippen MR) is 43.0 cm³/mol. The molecule has 1 atom stereocenters. The molecule has 3 nitrogen and oxygen atoms in total. The van der Waals surface area contributed by atoms with E-state index in [1.165, 1.54) is 6.42 Å². The Morgan fingerprint density at radius 1 is 1.58 bits per heavy atom. The minimum Gasteiger partial charge on any atom is -0.355 e. The Kier molecular flexibility index (Phi) is 1.57. The molecular weight excluding hydrogens is 152 g/mol. The summed E-state index contributed by atoms with van der Waals surface area (Å²) in [6.07, 6.45) is 4.01. The molecule has 0 bridgehead atoms. The summed E-state index contributed by atoms with van der Waals surface area (Å²) < 4.78 is 0. The fourth-order valence-corrected chi connectivity index (χ4v) is 2.13. The zero-order valence-corrected chi connectivity index (χ0v) is 6.97. The van der Waals surface area contributed by atoms with Gasteiger partial charge in [-0.1, -0.05) is 6.42 Å². The Balaban J connectivity index is 2.23. The van der Waals surface area contributed by atoms with Crippen molar-refractivity contribution in [1.82, 2.24) is 5.32 Å². The van der Waals surface area contributed by atoms with Gasteiger partial charge in [-0.3, -0.25) is 4.79 Å². The smallest absolute Gasteiger partial charge is 0.240 e. The highest BCUT2D eigenvalue weighted by Gasteiger charge is 2.50. The van der Waals surface area contributed by atoms with E-state index in [1.54, 1.807) is 0 Å². The van der Waals surface area contributed by atoms with E-state index in [0.29, 0.717) is 18.9 Å². The van der Waals surface area contributed by atoms with Crippen LogP contribution in [0.4, 0.5) is 0 Å². The maximum atomic E-state index is 11.4. The zero-order valence-electron chi connectivity index (χ0n) is 6.97. The molecule has 1 unspecified atom stereocenters. The molecule has 1 amide bonds. The van der Waals surface area contributed by atoms with Gasteiger partial charge in [-0.2, -0.15) is 5.26 Å². The van der Waals surface area contributed by atoms with Gasteiger partial charge in [-0.25, -0.2) is 0 Å². The SMILES string of the molecule is N#CC1(C2CCC2)CCNC1=O. The van der Waals surface area contributed by atoms with E-state index in [2.05, 4.69) is 11.4 Å². The van der Waals surface area contributed by atoms with Gasteiger partial charge in [0.15, 0.2) is 0 Å². The van der Waals surface area contributed by atoms with Crippen molar-refractivity contribution in [2.24, 2.45) is 11.3 Å². The molecule has 3 heteroatoms. The number of nitriles is 1. The Morgan fingerprint density at radius 2 is 2.33 bits per heavy atom. The lowest BCUT2D eigenvalue weighted by Gasteiger charge is -2.35. The third-order valence-corrected chi connectivity index (χ3v) is 3.21. The van der Waals surface area contributed by atoms with Crippen LogP contribution in [0, 0.1) is 22.7 Å². The average Bonchev–Trinajstić information content (AvgIpc) is 2.30. The Bertz CT molecular complexity index is 252. The third kappa shape index (κ3) is 0.781. The molecule has 1 aliphatic carbocycles. The van der Waals surface area contributed by atoms with Gasteiger partial charge in [0.05, 0.1) is 6.07 Å². The van der Waals surface area contributed by atoms with Crippen molar-refractivity contribution >= 4 is 5.91 Å². The lowest BCUT2D eigenvalue weighted by molar-refractivity contribution is -0.128. The first-order valence-corrected chi connectivity index (χ1v) is 4.49. The Morgan fingerprint density at radius 3 is 2.67 bits per heavy atom. The molecule has 1 aliphatic heterocycles. The number of nitrogens with zero attached hydrogens (tertiary/aromatic N) is 1. The van der Waals surface area contributed by atoms with Crippen molar-refractivity contribution in [3.8, 4) is 6.07 Å². The summed E-state index contributed by atoms with van der Waals surface area (Å²) in [5, 5.41) is 11.8. The van der Waals surface area contributed by atoms with Crippen LogP contribution in [0.2, 0.25) is 0 Å². The minimum atomic E-state index is -0.655. The van der Waals surface area contributed by atoms with E-state index in [-0.39, 0.29) is 5.91 Å². The van der Waals surface area contributed by atoms with E-state index >= 15 is 0 Å². The Hall–Kier alpha value is -1.04. The highest BCUT2D eigenvalue weighted by atomic mass is 16.2. The molecule has 64 valence electrons. The van der Waals surface area contributed by atoms with Gasteiger partial charge in [0.25, 0.3) is 0 Å². The van der Waals surface area contributed by atoms with Crippen molar-refractivity contribution in [2.75, 3.05) is 6.54 Å². The average molecular weight is 164 g/mol. The first kappa shape index (κ1) is 7.60. The Labute approximate surface area is 71.8 Å². The van der Waals surface area contributed by atoms with Crippen LogP contribution in [0.25, 0.3) is 0 Å². The number of carbonyl (C=O) groups excluding carboxylic acids is 1. The topological polar surface area (TPSA) is 52.9 Å². The van der Waals surface area contributed by atoms with E-state index < -0.39 is 5.41 Å². The molecule has 1 saturated carbocycles. The number of hydrogen-bond donors (Lipinski definition) is 1. The van der Waals surface area contributed by atoms with Crippen molar-refractivity contribution < 1.29 is 4.79 Å². The zero-order chi connectivity index (χ0) is 8.60. The molecule has 0 aromatic rings. The molecule has 1 N–H and O–H groups in total. The van der Waals surface area contributed by atoms with E-state index in [9.17, 15) is 4.79 Å². The van der Waals surface area contributed by atoms with Gasteiger partial charge in [0.1, 0.15) is 5.41 Å². The van der Waals surface area contributed by atoms with Crippen molar-refractivity contribution in [1.29, 1.82) is 5.26 Å². The normalized spacial score (nSPS) is 35.4. The summed E-state index contributed by atoms with van der Waals surface area (Å²) in [7, 11) is 0. The quantitative estimate of drug-likeness (QED) is 0.623. The van der Waals surface area contributed by atoms with Gasteiger partial charge in [0, 0.05) is 6.54 Å². The first-order chi connectivity index (χ1) is 5.79. The van der Waals surface area contributed by atoms with Crippen molar-refractivity contribution in [3.63, 3.8) is 0 Å². The summed E-state index contributed by atoms with van der Waals surface area (Å²) in [5.41, 5.74) is -0.655. The fourth-order valence-electron chi connectivity index (χ4n) is 2.13. The van der Waals surface area contributed by atoms with Crippen molar-refractivity contribution in [3.05, 3.63) is 0 Å². The molecule has 1 saturated heterocycles. The second-order valence-electron chi connectivity index (χ2n) is 3.72. The summed E-state index contributed by atoms with van der Waals surface area (Å²) >= 11 is 0. The van der Waals surface area contributed by atoms with Crippen LogP contribution in [-0.2, 0) is 4.79 Å². The maximum Gasteiger partial charge on any atom is 0.240 e. The molecule has 0 radical (unpaired) electrons. The molecular formula is C9H12N2O. The number of amides is 1. The van der Waals surface area contributed by atoms with Gasteiger partial charge < -0.3 is 5.32 Å². The number of hydrogen-bond acceptors (Lipinski definition) is 2. The molecule has 1 heterocycles. The largest absolute Gasteiger partial charge is 0.355 e. The maximum absolute atomic E-state index is 11.4. The number of nitrogens with one attached hydrogen (secondary N) is 1. The van der Waals surface area contributed by atoms with Gasteiger partial charge in [-0.15, -0.1) is 0 Å². The molecule has 2 aliphatic rings. The summed E-state index contributed by atoms with van der Waals surface area (Å²) in [6, 6.07) is 2.22. The standard InChI is InChI=1S/C9H12N2O/c10-6-9(7-2-1-3-7)4-5-11-8(9)12/h7H,1-5H2,(H,11,12). The van der Waals surface area contributed by atoms with E-state index in [1.807, 2.05) is 0 Å². The van der Waals surface area contributed by atoms with Crippen LogP contribution in [0.3, 0.4) is 0 Å². The first-order valence-electron chi connectivity index (χ1n) is 4.49. The molecule has 0 aromatic heterocycles. The molecule has 12 heavy (non-hydrogen) atoms. The molecule has 2 rings (SSSR count). The van der Waals surface area contributed by atoms with E-state index in [0.717, 1.165) is 12.8 Å². The third-order valence-electron chi connectivity index (χ3n) is 3.21. The highest BCUT2D eigenvalue weighted by Crippen LogP contribution is 2.45. The van der Waals surface area contributed by atoms with Crippen LogP contribution in [-0.4, -0.2) is 12.5 Å². The van der Waals surface area contributed by atoms with E-state index in [4.69, 9.17) is 5.26 Å². The van der Waals surface area contributed by atoms with Gasteiger partial charge in [-0.05, 0) is 25.2 Å². The second kappa shape index (κ2) is 2.48. The number of carbonyl (C=O) groups is 1. The summed E-state index contributed by atoms with van der Waals surface area (Å²) in [6.45, 7) is 0.683. The highest BCUT2D eigenvalue weighted by molar-refractivity contribution is 5.87.